The summed E-state index contributed by atoms with van der Waals surface area (Å²) < 4.78 is 12.7. The number of hydrogen-bond donors (Lipinski definition) is 2. The second-order valence-corrected chi connectivity index (χ2v) is 4.00. The minimum absolute atomic E-state index is 0.0567. The number of benzene rings is 1. The van der Waals surface area contributed by atoms with Crippen LogP contribution in [0.3, 0.4) is 0 Å². The Kier molecular flexibility index (Phi) is 5.63. The van der Waals surface area contributed by atoms with Crippen molar-refractivity contribution in [3.05, 3.63) is 35.6 Å². The van der Waals surface area contributed by atoms with Crippen LogP contribution in [0, 0.1) is 5.82 Å². The molecule has 1 rings (SSSR count). The van der Waals surface area contributed by atoms with Crippen molar-refractivity contribution in [2.45, 2.75) is 25.8 Å². The van der Waals surface area contributed by atoms with Gasteiger partial charge in [-0.25, -0.2) is 4.39 Å². The van der Waals surface area contributed by atoms with E-state index in [1.54, 1.807) is 19.2 Å². The molecular formula is C13H19FN2O. The van der Waals surface area contributed by atoms with Crippen molar-refractivity contribution in [3.63, 3.8) is 0 Å². The minimum Gasteiger partial charge on any atom is -0.359 e. The summed E-state index contributed by atoms with van der Waals surface area (Å²) >= 11 is 0. The quantitative estimate of drug-likeness (QED) is 0.744. The van der Waals surface area contributed by atoms with E-state index in [2.05, 4.69) is 10.6 Å². The van der Waals surface area contributed by atoms with E-state index in [1.807, 2.05) is 6.92 Å². The normalized spacial score (nSPS) is 12.2. The first kappa shape index (κ1) is 13.6. The van der Waals surface area contributed by atoms with Crippen molar-refractivity contribution in [3.8, 4) is 0 Å². The molecule has 1 atom stereocenters. The summed E-state index contributed by atoms with van der Waals surface area (Å²) in [5, 5.41) is 5.88. The fourth-order valence-electron chi connectivity index (χ4n) is 1.56. The summed E-state index contributed by atoms with van der Waals surface area (Å²) in [5.74, 6) is -0.165. The molecule has 4 heteroatoms. The molecule has 0 aromatic heterocycles. The standard InChI is InChI=1S/C13H19FN2O/c1-10(11-5-7-12(14)8-6-11)16-9-3-4-13(17)15-2/h5-8,10,16H,3-4,9H2,1-2H3,(H,15,17). The number of rotatable bonds is 6. The molecule has 0 aliphatic heterocycles. The molecule has 3 nitrogen and oxygen atoms in total. The highest BCUT2D eigenvalue weighted by Gasteiger charge is 2.04. The van der Waals surface area contributed by atoms with Crippen molar-refractivity contribution >= 4 is 5.91 Å². The molecule has 1 amide bonds. The summed E-state index contributed by atoms with van der Waals surface area (Å²) in [6, 6.07) is 6.62. The molecule has 17 heavy (non-hydrogen) atoms. The van der Waals surface area contributed by atoms with Crippen LogP contribution in [0.25, 0.3) is 0 Å². The zero-order valence-corrected chi connectivity index (χ0v) is 10.3. The number of carbonyl (C=O) groups is 1. The second kappa shape index (κ2) is 7.01. The minimum atomic E-state index is -0.222. The number of nitrogens with one attached hydrogen (secondary N) is 2. The van der Waals surface area contributed by atoms with Gasteiger partial charge >= 0.3 is 0 Å². The largest absolute Gasteiger partial charge is 0.359 e. The maximum atomic E-state index is 12.7. The maximum absolute atomic E-state index is 12.7. The lowest BCUT2D eigenvalue weighted by Crippen LogP contribution is -2.23. The van der Waals surface area contributed by atoms with Gasteiger partial charge in [-0.1, -0.05) is 12.1 Å². The molecule has 0 saturated carbocycles. The fourth-order valence-corrected chi connectivity index (χ4v) is 1.56. The van der Waals surface area contributed by atoms with Gasteiger partial charge in [0.15, 0.2) is 0 Å². The molecule has 1 unspecified atom stereocenters. The van der Waals surface area contributed by atoms with Gasteiger partial charge in [-0.2, -0.15) is 0 Å². The summed E-state index contributed by atoms with van der Waals surface area (Å²) in [7, 11) is 1.64. The predicted octanol–water partition coefficient (Wildman–Crippen LogP) is 2.00. The first-order valence-corrected chi connectivity index (χ1v) is 5.83. The SMILES string of the molecule is CNC(=O)CCCNC(C)c1ccc(F)cc1. The maximum Gasteiger partial charge on any atom is 0.219 e. The van der Waals surface area contributed by atoms with E-state index in [-0.39, 0.29) is 17.8 Å². The van der Waals surface area contributed by atoms with Gasteiger partial charge in [0.25, 0.3) is 0 Å². The highest BCUT2D eigenvalue weighted by molar-refractivity contribution is 5.75. The number of carbonyl (C=O) groups excluding carboxylic acids is 1. The Labute approximate surface area is 101 Å². The van der Waals surface area contributed by atoms with E-state index in [0.29, 0.717) is 6.42 Å². The Morgan fingerprint density at radius 2 is 2.00 bits per heavy atom. The van der Waals surface area contributed by atoms with Crippen LogP contribution >= 0.6 is 0 Å². The van der Waals surface area contributed by atoms with Gasteiger partial charge < -0.3 is 10.6 Å². The summed E-state index contributed by atoms with van der Waals surface area (Å²) in [4.78, 5) is 11.0. The average Bonchev–Trinajstić information content (AvgIpc) is 2.34. The van der Waals surface area contributed by atoms with Crippen LogP contribution in [-0.2, 0) is 4.79 Å². The van der Waals surface area contributed by atoms with Crippen molar-refractivity contribution in [1.82, 2.24) is 10.6 Å². The summed E-state index contributed by atoms with van der Waals surface area (Å²) in [5.41, 5.74) is 1.05. The van der Waals surface area contributed by atoms with Gasteiger partial charge in [0.05, 0.1) is 0 Å². The summed E-state index contributed by atoms with van der Waals surface area (Å²) in [6.07, 6.45) is 1.32. The molecule has 0 aliphatic carbocycles. The van der Waals surface area contributed by atoms with E-state index in [1.165, 1.54) is 12.1 Å². The lowest BCUT2D eigenvalue weighted by molar-refractivity contribution is -0.120. The predicted molar refractivity (Wildman–Crippen MR) is 66.1 cm³/mol. The van der Waals surface area contributed by atoms with E-state index in [4.69, 9.17) is 0 Å². The monoisotopic (exact) mass is 238 g/mol. The lowest BCUT2D eigenvalue weighted by Gasteiger charge is -2.13. The van der Waals surface area contributed by atoms with Gasteiger partial charge in [-0.05, 0) is 37.6 Å². The molecule has 0 bridgehead atoms. The van der Waals surface area contributed by atoms with Gasteiger partial charge in [-0.15, -0.1) is 0 Å². The van der Waals surface area contributed by atoms with Crippen LogP contribution in [0.4, 0.5) is 4.39 Å². The Bertz CT molecular complexity index is 351. The van der Waals surface area contributed by atoms with Crippen LogP contribution < -0.4 is 10.6 Å². The van der Waals surface area contributed by atoms with Crippen LogP contribution in [0.15, 0.2) is 24.3 Å². The molecule has 0 spiro atoms. The van der Waals surface area contributed by atoms with E-state index in [0.717, 1.165) is 18.5 Å². The van der Waals surface area contributed by atoms with Crippen LogP contribution in [0.1, 0.15) is 31.4 Å². The van der Waals surface area contributed by atoms with Crippen molar-refractivity contribution in [1.29, 1.82) is 0 Å². The molecule has 2 N–H and O–H groups in total. The van der Waals surface area contributed by atoms with E-state index in [9.17, 15) is 9.18 Å². The number of halogens is 1. The van der Waals surface area contributed by atoms with Crippen molar-refractivity contribution < 1.29 is 9.18 Å². The van der Waals surface area contributed by atoms with Crippen molar-refractivity contribution in [2.24, 2.45) is 0 Å². The Balaban J connectivity index is 2.27. The topological polar surface area (TPSA) is 41.1 Å². The lowest BCUT2D eigenvalue weighted by atomic mass is 10.1. The van der Waals surface area contributed by atoms with Crippen LogP contribution in [0.5, 0.6) is 0 Å². The van der Waals surface area contributed by atoms with E-state index >= 15 is 0 Å². The third-order valence-corrected chi connectivity index (χ3v) is 2.68. The Morgan fingerprint density at radius 1 is 1.35 bits per heavy atom. The second-order valence-electron chi connectivity index (χ2n) is 4.00. The molecule has 1 aromatic rings. The fraction of sp³-hybridized carbons (Fsp3) is 0.462. The smallest absolute Gasteiger partial charge is 0.219 e. The van der Waals surface area contributed by atoms with Gasteiger partial charge in [0, 0.05) is 19.5 Å². The molecule has 0 saturated heterocycles. The van der Waals surface area contributed by atoms with Crippen LogP contribution in [-0.4, -0.2) is 19.5 Å². The number of amides is 1. The highest BCUT2D eigenvalue weighted by atomic mass is 19.1. The molecule has 1 aromatic carbocycles. The van der Waals surface area contributed by atoms with Gasteiger partial charge in [0.1, 0.15) is 5.82 Å². The third-order valence-electron chi connectivity index (χ3n) is 2.68. The zero-order chi connectivity index (χ0) is 12.7. The third kappa shape index (κ3) is 4.95. The highest BCUT2D eigenvalue weighted by Crippen LogP contribution is 2.12. The molecule has 0 heterocycles. The Hall–Kier alpha value is -1.42. The molecule has 0 aliphatic rings. The zero-order valence-electron chi connectivity index (χ0n) is 10.3. The van der Waals surface area contributed by atoms with Gasteiger partial charge in [-0.3, -0.25) is 4.79 Å². The van der Waals surface area contributed by atoms with Gasteiger partial charge in [0.2, 0.25) is 5.91 Å². The molecule has 0 fully saturated rings. The molecular weight excluding hydrogens is 219 g/mol. The average molecular weight is 238 g/mol. The van der Waals surface area contributed by atoms with E-state index < -0.39 is 0 Å². The molecule has 0 radical (unpaired) electrons. The van der Waals surface area contributed by atoms with Crippen molar-refractivity contribution in [2.75, 3.05) is 13.6 Å². The first-order valence-electron chi connectivity index (χ1n) is 5.83. The molecule has 94 valence electrons. The summed E-state index contributed by atoms with van der Waals surface area (Å²) in [6.45, 7) is 2.79. The number of hydrogen-bond acceptors (Lipinski definition) is 2. The Morgan fingerprint density at radius 3 is 2.59 bits per heavy atom. The first-order chi connectivity index (χ1) is 8.13. The van der Waals surface area contributed by atoms with Crippen LogP contribution in [0.2, 0.25) is 0 Å².